The van der Waals surface area contributed by atoms with E-state index < -0.39 is 0 Å². The normalized spacial score (nSPS) is 21.0. The van der Waals surface area contributed by atoms with Crippen molar-refractivity contribution >= 4 is 17.7 Å². The highest BCUT2D eigenvalue weighted by Gasteiger charge is 2.27. The maximum absolute atomic E-state index is 11.4. The Morgan fingerprint density at radius 3 is 3.38 bits per heavy atom. The van der Waals surface area contributed by atoms with E-state index in [1.165, 1.54) is 22.8 Å². The van der Waals surface area contributed by atoms with Crippen LogP contribution in [-0.4, -0.2) is 32.6 Å². The van der Waals surface area contributed by atoms with Crippen LogP contribution < -0.4 is 11.2 Å². The van der Waals surface area contributed by atoms with Crippen LogP contribution in [0, 0.1) is 0 Å². The predicted octanol–water partition coefficient (Wildman–Crippen LogP) is -0.829. The second kappa shape index (κ2) is 3.35. The summed E-state index contributed by atoms with van der Waals surface area (Å²) in [5, 5.41) is 8.09. The van der Waals surface area contributed by atoms with Crippen LogP contribution in [0.5, 0.6) is 0 Å². The van der Waals surface area contributed by atoms with Crippen molar-refractivity contribution in [3.63, 3.8) is 0 Å². The molecule has 2 heterocycles. The van der Waals surface area contributed by atoms with Gasteiger partial charge in [0.2, 0.25) is 5.16 Å². The number of aromatic nitrogens is 3. The first kappa shape index (κ1) is 8.52. The summed E-state index contributed by atoms with van der Waals surface area (Å²) in [5.74, 6) is -0.0391. The van der Waals surface area contributed by atoms with E-state index in [1.54, 1.807) is 0 Å². The number of nitrogens with two attached hydrogens (primary N) is 1. The molecular formula is C6H9N5OS. The summed E-state index contributed by atoms with van der Waals surface area (Å²) in [7, 11) is 0. The fraction of sp³-hybridized carbons (Fsp3) is 0.500. The first-order valence-corrected chi connectivity index (χ1v) is 4.77. The van der Waals surface area contributed by atoms with Gasteiger partial charge in [0.15, 0.2) is 0 Å². The fourth-order valence-corrected chi connectivity index (χ4v) is 2.06. The number of carbonyl (C=O) groups excluding carboxylic acids is 1. The molecule has 13 heavy (non-hydrogen) atoms. The SMILES string of the molecule is NCCC1Sc2nncn2NC1=O. The lowest BCUT2D eigenvalue weighted by Crippen LogP contribution is -2.37. The van der Waals surface area contributed by atoms with Crippen molar-refractivity contribution in [2.75, 3.05) is 12.0 Å². The van der Waals surface area contributed by atoms with Gasteiger partial charge in [0.05, 0.1) is 5.25 Å². The highest BCUT2D eigenvalue weighted by molar-refractivity contribution is 8.00. The van der Waals surface area contributed by atoms with Crippen LogP contribution >= 0.6 is 11.8 Å². The number of hydrogen-bond donors (Lipinski definition) is 2. The molecule has 3 N–H and O–H groups in total. The lowest BCUT2D eigenvalue weighted by Gasteiger charge is -2.20. The van der Waals surface area contributed by atoms with Gasteiger partial charge in [0.1, 0.15) is 6.33 Å². The summed E-state index contributed by atoms with van der Waals surface area (Å²) in [6, 6.07) is 0. The van der Waals surface area contributed by atoms with Crippen molar-refractivity contribution in [2.24, 2.45) is 5.73 Å². The zero-order valence-electron chi connectivity index (χ0n) is 6.80. The van der Waals surface area contributed by atoms with Crippen LogP contribution in [0.1, 0.15) is 6.42 Å². The Kier molecular flexibility index (Phi) is 2.19. The van der Waals surface area contributed by atoms with E-state index in [9.17, 15) is 4.79 Å². The predicted molar refractivity (Wildman–Crippen MR) is 47.7 cm³/mol. The lowest BCUT2D eigenvalue weighted by molar-refractivity contribution is -0.117. The third-order valence-electron chi connectivity index (χ3n) is 1.72. The molecule has 0 spiro atoms. The maximum Gasteiger partial charge on any atom is 0.252 e. The Labute approximate surface area is 78.9 Å². The first-order chi connectivity index (χ1) is 6.31. The van der Waals surface area contributed by atoms with Gasteiger partial charge in [-0.1, -0.05) is 11.8 Å². The Hall–Kier alpha value is -1.08. The van der Waals surface area contributed by atoms with E-state index in [-0.39, 0.29) is 11.2 Å². The molecule has 1 aliphatic rings. The molecule has 1 aromatic rings. The Morgan fingerprint density at radius 1 is 1.77 bits per heavy atom. The number of rotatable bonds is 2. The number of carbonyl (C=O) groups is 1. The monoisotopic (exact) mass is 199 g/mol. The van der Waals surface area contributed by atoms with Crippen molar-refractivity contribution in [3.8, 4) is 0 Å². The van der Waals surface area contributed by atoms with Gasteiger partial charge in [-0.15, -0.1) is 10.2 Å². The van der Waals surface area contributed by atoms with E-state index >= 15 is 0 Å². The van der Waals surface area contributed by atoms with Gasteiger partial charge < -0.3 is 5.73 Å². The second-order valence-corrected chi connectivity index (χ2v) is 3.81. The molecule has 1 aromatic heterocycles. The summed E-state index contributed by atoms with van der Waals surface area (Å²) in [6.45, 7) is 0.499. The molecule has 0 bridgehead atoms. The summed E-state index contributed by atoms with van der Waals surface area (Å²) >= 11 is 1.39. The molecule has 1 unspecified atom stereocenters. The number of fused-ring (bicyclic) bond motifs is 1. The van der Waals surface area contributed by atoms with Crippen molar-refractivity contribution in [1.29, 1.82) is 0 Å². The van der Waals surface area contributed by atoms with Crippen LogP contribution in [0.15, 0.2) is 11.5 Å². The van der Waals surface area contributed by atoms with E-state index in [0.717, 1.165) is 0 Å². The average Bonchev–Trinajstić information content (AvgIpc) is 2.52. The summed E-state index contributed by atoms with van der Waals surface area (Å²) in [6.07, 6.45) is 2.13. The Balaban J connectivity index is 2.17. The number of nitrogens with zero attached hydrogens (tertiary/aromatic N) is 3. The van der Waals surface area contributed by atoms with E-state index in [0.29, 0.717) is 18.1 Å². The maximum atomic E-state index is 11.4. The van der Waals surface area contributed by atoms with Gasteiger partial charge >= 0.3 is 0 Å². The largest absolute Gasteiger partial charge is 0.330 e. The van der Waals surface area contributed by atoms with Crippen molar-refractivity contribution in [3.05, 3.63) is 6.33 Å². The Bertz CT molecular complexity index is 325. The molecule has 1 amide bonds. The minimum Gasteiger partial charge on any atom is -0.330 e. The van der Waals surface area contributed by atoms with Crippen molar-refractivity contribution in [1.82, 2.24) is 14.9 Å². The standard InChI is InChI=1S/C6H9N5OS/c7-2-1-4-5(12)10-11-3-8-9-6(11)13-4/h3-4H,1-2,7H2,(H,10,12). The minimum absolute atomic E-state index is 0.0391. The van der Waals surface area contributed by atoms with E-state index in [2.05, 4.69) is 15.6 Å². The quantitative estimate of drug-likeness (QED) is 0.649. The third-order valence-corrected chi connectivity index (χ3v) is 2.94. The van der Waals surface area contributed by atoms with Gasteiger partial charge in [-0.3, -0.25) is 10.2 Å². The summed E-state index contributed by atoms with van der Waals surface area (Å²) in [5.41, 5.74) is 8.03. The Morgan fingerprint density at radius 2 is 2.62 bits per heavy atom. The van der Waals surface area contributed by atoms with Gasteiger partial charge in [-0.25, -0.2) is 4.68 Å². The molecular weight excluding hydrogens is 190 g/mol. The molecule has 70 valence electrons. The topological polar surface area (TPSA) is 85.8 Å². The fourth-order valence-electron chi connectivity index (χ4n) is 1.09. The lowest BCUT2D eigenvalue weighted by atomic mass is 10.3. The second-order valence-electron chi connectivity index (χ2n) is 2.64. The summed E-state index contributed by atoms with van der Waals surface area (Å²) < 4.78 is 1.51. The number of nitrogens with one attached hydrogen (secondary N) is 1. The van der Waals surface area contributed by atoms with Crippen LogP contribution in [0.4, 0.5) is 0 Å². The molecule has 0 aromatic carbocycles. The molecule has 7 heteroatoms. The third kappa shape index (κ3) is 1.52. The van der Waals surface area contributed by atoms with Crippen LogP contribution in [0.3, 0.4) is 0 Å². The molecule has 1 aliphatic heterocycles. The van der Waals surface area contributed by atoms with Gasteiger partial charge in [-0.05, 0) is 13.0 Å². The number of hydrogen-bond acceptors (Lipinski definition) is 5. The van der Waals surface area contributed by atoms with Gasteiger partial charge in [-0.2, -0.15) is 0 Å². The molecule has 0 fully saturated rings. The average molecular weight is 199 g/mol. The molecule has 0 saturated carbocycles. The van der Waals surface area contributed by atoms with Crippen LogP contribution in [0.25, 0.3) is 0 Å². The zero-order valence-corrected chi connectivity index (χ0v) is 7.62. The van der Waals surface area contributed by atoms with Crippen molar-refractivity contribution in [2.45, 2.75) is 16.8 Å². The molecule has 1 atom stereocenters. The molecule has 2 rings (SSSR count). The molecule has 0 saturated heterocycles. The van der Waals surface area contributed by atoms with E-state index in [1.807, 2.05) is 0 Å². The van der Waals surface area contributed by atoms with Crippen molar-refractivity contribution < 1.29 is 4.79 Å². The number of thioether (sulfide) groups is 1. The molecule has 0 radical (unpaired) electrons. The van der Waals surface area contributed by atoms with Crippen LogP contribution in [-0.2, 0) is 4.79 Å². The zero-order chi connectivity index (χ0) is 9.26. The summed E-state index contributed by atoms with van der Waals surface area (Å²) in [4.78, 5) is 11.4. The van der Waals surface area contributed by atoms with Gasteiger partial charge in [0.25, 0.3) is 5.91 Å². The smallest absolute Gasteiger partial charge is 0.252 e. The first-order valence-electron chi connectivity index (χ1n) is 3.89. The van der Waals surface area contributed by atoms with E-state index in [4.69, 9.17) is 5.73 Å². The highest BCUT2D eigenvalue weighted by atomic mass is 32.2. The minimum atomic E-state index is -0.137. The van der Waals surface area contributed by atoms with Gasteiger partial charge in [0, 0.05) is 0 Å². The highest BCUT2D eigenvalue weighted by Crippen LogP contribution is 2.26. The molecule has 6 nitrogen and oxygen atoms in total. The van der Waals surface area contributed by atoms with Crippen LogP contribution in [0.2, 0.25) is 0 Å². The number of amides is 1. The molecule has 0 aliphatic carbocycles.